The average molecular weight is 679 g/mol. The number of nitrogens with zero attached hydrogens (tertiary/aromatic N) is 2. The van der Waals surface area contributed by atoms with Crippen LogP contribution in [0, 0.1) is 11.3 Å². The van der Waals surface area contributed by atoms with E-state index in [9.17, 15) is 14.4 Å². The van der Waals surface area contributed by atoms with Gasteiger partial charge in [0.05, 0.1) is 31.5 Å². The highest BCUT2D eigenvalue weighted by Crippen LogP contribution is 2.59. The summed E-state index contributed by atoms with van der Waals surface area (Å²) in [6, 6.07) is 20.6. The lowest BCUT2D eigenvalue weighted by atomic mass is 9.96. The van der Waals surface area contributed by atoms with E-state index in [2.05, 4.69) is 72.4 Å². The lowest BCUT2D eigenvalue weighted by Crippen LogP contribution is -2.53. The zero-order chi connectivity index (χ0) is 35.8. The number of imidazole rings is 1. The molecule has 50 heavy (non-hydrogen) atoms. The number of nitrogens with one attached hydrogen (secondary N) is 2. The number of aromatic nitrogens is 2. The van der Waals surface area contributed by atoms with Gasteiger partial charge in [0.15, 0.2) is 5.78 Å². The van der Waals surface area contributed by atoms with E-state index in [1.807, 2.05) is 51.2 Å². The van der Waals surface area contributed by atoms with Crippen LogP contribution in [-0.2, 0) is 14.3 Å². The fourth-order valence-electron chi connectivity index (χ4n) is 7.40. The number of Topliss-reactive ketones (excluding diaryl/α,β-unsaturated/α-hetero) is 1. The van der Waals surface area contributed by atoms with Crippen LogP contribution in [-0.4, -0.2) is 64.1 Å². The largest absolute Gasteiger partial charge is 0.460 e. The first-order valence-corrected chi connectivity index (χ1v) is 17.8. The summed E-state index contributed by atoms with van der Waals surface area (Å²) in [5, 5.41) is 5.33. The summed E-state index contributed by atoms with van der Waals surface area (Å²) >= 11 is 0. The molecule has 2 heterocycles. The van der Waals surface area contributed by atoms with E-state index in [0.29, 0.717) is 11.0 Å². The minimum atomic E-state index is -0.562. The molecule has 0 radical (unpaired) electrons. The van der Waals surface area contributed by atoms with Crippen molar-refractivity contribution >= 4 is 28.6 Å². The van der Waals surface area contributed by atoms with E-state index in [1.165, 1.54) is 20.0 Å². The number of amides is 1. The van der Waals surface area contributed by atoms with Crippen LogP contribution in [0.4, 0.5) is 4.79 Å². The zero-order valence-electron chi connectivity index (χ0n) is 30.3. The molecule has 3 atom stereocenters. The average Bonchev–Trinajstić information content (AvgIpc) is 3.47. The molecule has 0 bridgehead atoms. The summed E-state index contributed by atoms with van der Waals surface area (Å²) in [5.41, 5.74) is 4.50. The molecule has 1 aliphatic carbocycles. The van der Waals surface area contributed by atoms with Crippen LogP contribution in [0.2, 0.25) is 0 Å². The molecule has 1 saturated heterocycles. The third-order valence-corrected chi connectivity index (χ3v) is 10.3. The molecule has 3 aromatic carbocycles. The summed E-state index contributed by atoms with van der Waals surface area (Å²) in [4.78, 5) is 48.0. The van der Waals surface area contributed by atoms with Gasteiger partial charge in [-0.1, -0.05) is 62.4 Å². The van der Waals surface area contributed by atoms with Crippen molar-refractivity contribution in [1.82, 2.24) is 20.2 Å². The van der Waals surface area contributed by atoms with Gasteiger partial charge >= 0.3 is 12.1 Å². The maximum atomic E-state index is 12.7. The highest BCUT2D eigenvalue weighted by Gasteiger charge is 2.54. The number of ether oxygens (including phenoxy) is 2. The van der Waals surface area contributed by atoms with Crippen LogP contribution in [0.25, 0.3) is 33.2 Å². The Bertz CT molecular complexity index is 1870. The van der Waals surface area contributed by atoms with E-state index in [0.717, 1.165) is 51.9 Å². The van der Waals surface area contributed by atoms with Gasteiger partial charge in [0.2, 0.25) is 0 Å². The molecule has 1 aromatic heterocycles. The zero-order valence-corrected chi connectivity index (χ0v) is 30.3. The van der Waals surface area contributed by atoms with Crippen molar-refractivity contribution in [3.63, 3.8) is 0 Å². The molecule has 9 heteroatoms. The fourth-order valence-corrected chi connectivity index (χ4v) is 7.40. The van der Waals surface area contributed by atoms with Crippen LogP contribution in [0.1, 0.15) is 95.9 Å². The van der Waals surface area contributed by atoms with E-state index in [4.69, 9.17) is 14.5 Å². The van der Waals surface area contributed by atoms with Crippen LogP contribution in [0.15, 0.2) is 66.9 Å². The number of alkyl carbamates (subject to hydrolysis) is 1. The predicted octanol–water partition coefficient (Wildman–Crippen LogP) is 8.50. The van der Waals surface area contributed by atoms with E-state index in [-0.39, 0.29) is 48.6 Å². The van der Waals surface area contributed by atoms with Crippen molar-refractivity contribution in [3.05, 3.63) is 78.2 Å². The molecule has 6 rings (SSSR count). The number of hydrogen-bond acceptors (Lipinski definition) is 7. The lowest BCUT2D eigenvalue weighted by molar-refractivity contribution is -0.154. The Labute approximate surface area is 295 Å². The van der Waals surface area contributed by atoms with E-state index < -0.39 is 11.7 Å². The van der Waals surface area contributed by atoms with Gasteiger partial charge in [-0.3, -0.25) is 14.5 Å². The summed E-state index contributed by atoms with van der Waals surface area (Å²) in [6.07, 6.45) is 5.27. The Morgan fingerprint density at radius 1 is 0.940 bits per heavy atom. The monoisotopic (exact) mass is 678 g/mol. The second-order valence-electron chi connectivity index (χ2n) is 15.6. The SMILES string of the molecule is COC(=O)N[C@@H](C(C)C)C(C)N1CC2(CC2)C[C@H]1c1ncc(-c2ccc3cc(-c4ccc(C(=O)CCC(=O)OC(C)(C)C)cc4)ccc3c2)[nH]1. The molecular formula is C41H50N4O5. The molecule has 2 fully saturated rings. The van der Waals surface area contributed by atoms with Crippen LogP contribution in [0.5, 0.6) is 0 Å². The van der Waals surface area contributed by atoms with Gasteiger partial charge < -0.3 is 19.8 Å². The number of likely N-dealkylation sites (tertiary alicyclic amines) is 1. The number of carbonyl (C=O) groups is 3. The highest BCUT2D eigenvalue weighted by molar-refractivity contribution is 5.98. The number of methoxy groups -OCH3 is 1. The van der Waals surface area contributed by atoms with Crippen LogP contribution < -0.4 is 5.32 Å². The molecule has 1 saturated carbocycles. The van der Waals surface area contributed by atoms with E-state index >= 15 is 0 Å². The van der Waals surface area contributed by atoms with Crippen molar-refractivity contribution < 1.29 is 23.9 Å². The number of benzene rings is 3. The predicted molar refractivity (Wildman–Crippen MR) is 196 cm³/mol. The molecule has 2 N–H and O–H groups in total. The molecule has 1 unspecified atom stereocenters. The molecule has 4 aromatic rings. The van der Waals surface area contributed by atoms with Crippen molar-refractivity contribution in [2.45, 2.75) is 97.4 Å². The van der Waals surface area contributed by atoms with Gasteiger partial charge in [-0.25, -0.2) is 9.78 Å². The van der Waals surface area contributed by atoms with Crippen molar-refractivity contribution in [2.24, 2.45) is 11.3 Å². The molecule has 2 aliphatic rings. The molecular weight excluding hydrogens is 628 g/mol. The summed E-state index contributed by atoms with van der Waals surface area (Å²) in [7, 11) is 1.41. The highest BCUT2D eigenvalue weighted by atomic mass is 16.6. The molecule has 264 valence electrons. The van der Waals surface area contributed by atoms with Gasteiger partial charge in [0, 0.05) is 36.2 Å². The second kappa shape index (κ2) is 14.0. The number of H-pyrrole nitrogens is 1. The number of esters is 1. The Morgan fingerprint density at radius 3 is 2.20 bits per heavy atom. The Morgan fingerprint density at radius 2 is 1.58 bits per heavy atom. The minimum Gasteiger partial charge on any atom is -0.460 e. The number of aromatic amines is 1. The third kappa shape index (κ3) is 7.94. The van der Waals surface area contributed by atoms with E-state index in [1.54, 1.807) is 0 Å². The van der Waals surface area contributed by atoms with Crippen LogP contribution in [0.3, 0.4) is 0 Å². The van der Waals surface area contributed by atoms with Gasteiger partial charge in [-0.2, -0.15) is 0 Å². The minimum absolute atomic E-state index is 0.0464. The smallest absolute Gasteiger partial charge is 0.407 e. The summed E-state index contributed by atoms with van der Waals surface area (Å²) < 4.78 is 10.3. The topological polar surface area (TPSA) is 114 Å². The number of fused-ring (bicyclic) bond motifs is 1. The number of rotatable bonds is 11. The number of ketones is 1. The number of hydrogen-bond donors (Lipinski definition) is 2. The Hall–Kier alpha value is -4.50. The molecule has 9 nitrogen and oxygen atoms in total. The first-order chi connectivity index (χ1) is 23.7. The normalized spacial score (nSPS) is 18.3. The third-order valence-electron chi connectivity index (χ3n) is 10.3. The quantitative estimate of drug-likeness (QED) is 0.121. The second-order valence-corrected chi connectivity index (χ2v) is 15.6. The fraction of sp³-hybridized carbons (Fsp3) is 0.463. The van der Waals surface area contributed by atoms with Crippen molar-refractivity contribution in [2.75, 3.05) is 13.7 Å². The first-order valence-electron chi connectivity index (χ1n) is 17.8. The maximum absolute atomic E-state index is 12.7. The molecule has 1 aliphatic heterocycles. The maximum Gasteiger partial charge on any atom is 0.407 e. The van der Waals surface area contributed by atoms with Gasteiger partial charge in [0.1, 0.15) is 11.4 Å². The standard InChI is InChI=1S/C41H50N4O5/c1-25(2)37(44-39(48)49-7)26(3)45-24-41(18-19-41)22-34(45)38-42-23-33(43-38)32-15-14-30-20-29(12-13-31(30)21-32)27-8-10-28(11-9-27)35(46)16-17-36(47)50-40(4,5)6/h8-15,20-21,23,25-26,34,37H,16-19,22,24H2,1-7H3,(H,42,43)(H,44,48)/t26?,34-,37-/m0/s1. The van der Waals surface area contributed by atoms with Crippen LogP contribution >= 0.6 is 0 Å². The lowest BCUT2D eigenvalue weighted by Gasteiger charge is -2.37. The summed E-state index contributed by atoms with van der Waals surface area (Å²) in [5.74, 6) is 0.779. The number of carbonyl (C=O) groups excluding carboxylic acids is 3. The molecule has 1 amide bonds. The van der Waals surface area contributed by atoms with Gasteiger partial charge in [0.25, 0.3) is 0 Å². The van der Waals surface area contributed by atoms with Crippen molar-refractivity contribution in [1.29, 1.82) is 0 Å². The van der Waals surface area contributed by atoms with Gasteiger partial charge in [-0.15, -0.1) is 0 Å². The van der Waals surface area contributed by atoms with Gasteiger partial charge in [-0.05, 0) is 92.3 Å². The first kappa shape index (κ1) is 35.3. The van der Waals surface area contributed by atoms with Crippen molar-refractivity contribution in [3.8, 4) is 22.4 Å². The molecule has 1 spiro atoms. The Kier molecular flexibility index (Phi) is 9.91. The Balaban J connectivity index is 1.15. The summed E-state index contributed by atoms with van der Waals surface area (Å²) in [6.45, 7) is 12.9.